The van der Waals surface area contributed by atoms with E-state index in [0.717, 1.165) is 70.7 Å². The first-order chi connectivity index (χ1) is 15.0. The molecule has 4 rings (SSSR count). The Bertz CT molecular complexity index is 1050. The number of nitrogens with one attached hydrogen (secondary N) is 3. The predicted octanol–water partition coefficient (Wildman–Crippen LogP) is 1.92. The molecule has 5 N–H and O–H groups in total. The summed E-state index contributed by atoms with van der Waals surface area (Å²) < 4.78 is 26.7. The number of fused-ring (bicyclic) bond motifs is 1. The Morgan fingerprint density at radius 3 is 2.55 bits per heavy atom. The summed E-state index contributed by atoms with van der Waals surface area (Å²) in [6.45, 7) is 5.10. The summed E-state index contributed by atoms with van der Waals surface area (Å²) in [5.41, 5.74) is 6.38. The number of aromatic nitrogens is 4. The number of unbranched alkanes of at least 4 members (excludes halogenated alkanes) is 2. The first kappa shape index (κ1) is 21.2. The van der Waals surface area contributed by atoms with E-state index in [1.54, 1.807) is 0 Å². The molecule has 0 bridgehead atoms. The Kier molecular flexibility index (Phi) is 6.42. The van der Waals surface area contributed by atoms with Crippen molar-refractivity contribution in [3.8, 4) is 0 Å². The molecule has 11 heteroatoms. The number of benzene rings is 1. The molecular weight excluding hydrogens is 406 g/mol. The third-order valence-corrected chi connectivity index (χ3v) is 5.43. The molecule has 1 fully saturated rings. The highest BCUT2D eigenvalue weighted by molar-refractivity contribution is 5.78. The third-order valence-electron chi connectivity index (χ3n) is 5.43. The van der Waals surface area contributed by atoms with Gasteiger partial charge in [-0.25, -0.2) is 18.7 Å². The van der Waals surface area contributed by atoms with Crippen molar-refractivity contribution in [2.24, 2.45) is 5.73 Å². The lowest BCUT2D eigenvalue weighted by atomic mass is 10.2. The Balaban J connectivity index is 1.37. The van der Waals surface area contributed by atoms with Gasteiger partial charge in [0, 0.05) is 38.3 Å². The van der Waals surface area contributed by atoms with Crippen molar-refractivity contribution in [2.45, 2.75) is 19.3 Å². The second-order valence-corrected chi connectivity index (χ2v) is 7.62. The molecule has 3 heterocycles. The average Bonchev–Trinajstić information content (AvgIpc) is 3.13. The maximum Gasteiger partial charge on any atom is 0.275 e. The SMILES string of the molecule is NCCCCCN1CCN(c2cnc(Nc3nc4cc(F)c(F)cc4[nH]3)[nH]c2=O)CC1. The molecule has 9 nitrogen and oxygen atoms in total. The molecule has 0 saturated carbocycles. The molecule has 1 aliphatic rings. The van der Waals surface area contributed by atoms with Crippen LogP contribution in [0.4, 0.5) is 26.4 Å². The van der Waals surface area contributed by atoms with Crippen LogP contribution in [0.2, 0.25) is 0 Å². The molecule has 0 radical (unpaired) electrons. The molecule has 1 aromatic carbocycles. The highest BCUT2D eigenvalue weighted by atomic mass is 19.2. The highest BCUT2D eigenvalue weighted by Crippen LogP contribution is 2.20. The van der Waals surface area contributed by atoms with Gasteiger partial charge in [0.2, 0.25) is 11.9 Å². The number of hydrogen-bond acceptors (Lipinski definition) is 7. The van der Waals surface area contributed by atoms with Gasteiger partial charge in [-0.3, -0.25) is 20.0 Å². The standard InChI is InChI=1S/C20H26F2N8O/c21-13-10-15-16(11-14(13)22)26-20(25-15)28-19-24-12-17(18(31)27-19)30-8-6-29(7-9-30)5-3-1-2-4-23/h10-12H,1-9,23H2,(H3,24,25,26,27,28,31). The number of aromatic amines is 2. The van der Waals surface area contributed by atoms with Gasteiger partial charge in [0.15, 0.2) is 11.6 Å². The van der Waals surface area contributed by atoms with Crippen LogP contribution < -0.4 is 21.5 Å². The quantitative estimate of drug-likeness (QED) is 0.402. The van der Waals surface area contributed by atoms with Gasteiger partial charge in [-0.2, -0.15) is 0 Å². The van der Waals surface area contributed by atoms with Gasteiger partial charge < -0.3 is 15.6 Å². The van der Waals surface area contributed by atoms with Crippen molar-refractivity contribution in [1.29, 1.82) is 0 Å². The first-order valence-corrected chi connectivity index (χ1v) is 10.4. The zero-order chi connectivity index (χ0) is 21.8. The van der Waals surface area contributed by atoms with Gasteiger partial charge in [-0.15, -0.1) is 0 Å². The van der Waals surface area contributed by atoms with Crippen molar-refractivity contribution in [2.75, 3.05) is 49.5 Å². The number of anilines is 3. The van der Waals surface area contributed by atoms with E-state index < -0.39 is 11.6 Å². The van der Waals surface area contributed by atoms with Crippen LogP contribution in [-0.4, -0.2) is 64.1 Å². The van der Waals surface area contributed by atoms with Gasteiger partial charge in [-0.1, -0.05) is 6.42 Å². The molecule has 0 aliphatic carbocycles. The second kappa shape index (κ2) is 9.40. The van der Waals surface area contributed by atoms with E-state index in [1.165, 1.54) is 6.20 Å². The maximum atomic E-state index is 13.4. The number of piperazine rings is 1. The van der Waals surface area contributed by atoms with Crippen LogP contribution in [0.5, 0.6) is 0 Å². The van der Waals surface area contributed by atoms with Gasteiger partial charge in [0.1, 0.15) is 5.69 Å². The van der Waals surface area contributed by atoms with Crippen LogP contribution >= 0.6 is 0 Å². The molecule has 31 heavy (non-hydrogen) atoms. The average molecular weight is 432 g/mol. The van der Waals surface area contributed by atoms with E-state index >= 15 is 0 Å². The zero-order valence-electron chi connectivity index (χ0n) is 17.1. The van der Waals surface area contributed by atoms with E-state index in [1.807, 2.05) is 4.90 Å². The first-order valence-electron chi connectivity index (χ1n) is 10.4. The van der Waals surface area contributed by atoms with Crippen LogP contribution in [0.3, 0.4) is 0 Å². The van der Waals surface area contributed by atoms with Crippen LogP contribution in [0.25, 0.3) is 11.0 Å². The summed E-state index contributed by atoms with van der Waals surface area (Å²) in [5, 5.41) is 2.83. The number of hydrogen-bond donors (Lipinski definition) is 4. The number of halogens is 2. The third kappa shape index (κ3) is 5.00. The molecule has 0 atom stereocenters. The normalized spacial score (nSPS) is 15.0. The molecule has 0 spiro atoms. The maximum absolute atomic E-state index is 13.4. The number of nitrogens with two attached hydrogens (primary N) is 1. The molecule has 166 valence electrons. The summed E-state index contributed by atoms with van der Waals surface area (Å²) in [6, 6.07) is 2.03. The molecule has 2 aromatic heterocycles. The highest BCUT2D eigenvalue weighted by Gasteiger charge is 2.19. The summed E-state index contributed by atoms with van der Waals surface area (Å²) in [7, 11) is 0. The number of rotatable bonds is 8. The molecule has 0 amide bonds. The van der Waals surface area contributed by atoms with Crippen molar-refractivity contribution >= 4 is 28.6 Å². The largest absolute Gasteiger partial charge is 0.363 e. The topological polar surface area (TPSA) is 119 Å². The Hall–Kier alpha value is -3.05. The van der Waals surface area contributed by atoms with E-state index in [-0.39, 0.29) is 23.0 Å². The van der Waals surface area contributed by atoms with Crippen molar-refractivity contribution in [3.05, 3.63) is 40.3 Å². The van der Waals surface area contributed by atoms with Crippen molar-refractivity contribution in [3.63, 3.8) is 0 Å². The van der Waals surface area contributed by atoms with Crippen LogP contribution in [0, 0.1) is 11.6 Å². The van der Waals surface area contributed by atoms with Crippen molar-refractivity contribution < 1.29 is 8.78 Å². The van der Waals surface area contributed by atoms with Crippen LogP contribution in [-0.2, 0) is 0 Å². The lowest BCUT2D eigenvalue weighted by molar-refractivity contribution is 0.252. The van der Waals surface area contributed by atoms with E-state index in [0.29, 0.717) is 11.2 Å². The van der Waals surface area contributed by atoms with Gasteiger partial charge in [-0.05, 0) is 25.9 Å². The molecule has 0 unspecified atom stereocenters. The molecule has 1 aliphatic heterocycles. The fourth-order valence-corrected chi connectivity index (χ4v) is 3.72. The van der Waals surface area contributed by atoms with Crippen LogP contribution in [0.15, 0.2) is 23.1 Å². The molecule has 1 saturated heterocycles. The lowest BCUT2D eigenvalue weighted by Crippen LogP contribution is -2.48. The molecule has 3 aromatic rings. The predicted molar refractivity (Wildman–Crippen MR) is 116 cm³/mol. The summed E-state index contributed by atoms with van der Waals surface area (Å²) >= 11 is 0. The van der Waals surface area contributed by atoms with Gasteiger partial charge >= 0.3 is 0 Å². The van der Waals surface area contributed by atoms with E-state index in [4.69, 9.17) is 5.73 Å². The minimum Gasteiger partial charge on any atom is -0.363 e. The minimum atomic E-state index is -0.975. The monoisotopic (exact) mass is 432 g/mol. The summed E-state index contributed by atoms with van der Waals surface area (Å²) in [6.07, 6.45) is 4.87. The zero-order valence-corrected chi connectivity index (χ0v) is 17.1. The summed E-state index contributed by atoms with van der Waals surface area (Å²) in [5.74, 6) is -1.53. The van der Waals surface area contributed by atoms with E-state index in [9.17, 15) is 13.6 Å². The second-order valence-electron chi connectivity index (χ2n) is 7.62. The fourth-order valence-electron chi connectivity index (χ4n) is 3.72. The Morgan fingerprint density at radius 2 is 1.81 bits per heavy atom. The van der Waals surface area contributed by atoms with Gasteiger partial charge in [0.25, 0.3) is 5.56 Å². The minimum absolute atomic E-state index is 0.187. The fraction of sp³-hybridized carbons (Fsp3) is 0.450. The van der Waals surface area contributed by atoms with Gasteiger partial charge in [0.05, 0.1) is 17.2 Å². The van der Waals surface area contributed by atoms with E-state index in [2.05, 4.69) is 30.2 Å². The Morgan fingerprint density at radius 1 is 1.03 bits per heavy atom. The number of nitrogens with zero attached hydrogens (tertiary/aromatic N) is 4. The number of H-pyrrole nitrogens is 2. The molecular formula is C20H26F2N8O. The van der Waals surface area contributed by atoms with Crippen molar-refractivity contribution in [1.82, 2.24) is 24.8 Å². The number of imidazole rings is 1. The lowest BCUT2D eigenvalue weighted by Gasteiger charge is -2.35. The Labute approximate surface area is 177 Å². The summed E-state index contributed by atoms with van der Waals surface area (Å²) in [4.78, 5) is 30.9. The smallest absolute Gasteiger partial charge is 0.275 e. The van der Waals surface area contributed by atoms with Crippen LogP contribution in [0.1, 0.15) is 19.3 Å².